The molecule has 0 bridgehead atoms. The second kappa shape index (κ2) is 8.54. The van der Waals surface area contributed by atoms with Crippen molar-refractivity contribution in [1.29, 1.82) is 0 Å². The Morgan fingerprint density at radius 3 is 2.65 bits per heavy atom. The lowest BCUT2D eigenvalue weighted by Gasteiger charge is -2.01. The van der Waals surface area contributed by atoms with Crippen LogP contribution >= 0.6 is 39.1 Å². The average Bonchev–Trinajstić information content (AvgIpc) is 3.08. The van der Waals surface area contributed by atoms with Gasteiger partial charge in [0.2, 0.25) is 5.91 Å². The van der Waals surface area contributed by atoms with Crippen LogP contribution in [0.1, 0.15) is 11.3 Å². The first-order valence-electron chi connectivity index (χ1n) is 7.63. The van der Waals surface area contributed by atoms with Crippen LogP contribution < -0.4 is 5.43 Å². The molecule has 1 N–H and O–H groups in total. The van der Waals surface area contributed by atoms with Crippen LogP contribution in [0.25, 0.3) is 11.3 Å². The smallest absolute Gasteiger partial charge is 0.244 e. The van der Waals surface area contributed by atoms with E-state index in [1.807, 2.05) is 24.3 Å². The number of benzene rings is 2. The van der Waals surface area contributed by atoms with Gasteiger partial charge < -0.3 is 4.42 Å². The molecule has 0 spiro atoms. The topological polar surface area (TPSA) is 54.6 Å². The van der Waals surface area contributed by atoms with Gasteiger partial charge >= 0.3 is 0 Å². The summed E-state index contributed by atoms with van der Waals surface area (Å²) in [5.74, 6) is 0.841. The summed E-state index contributed by atoms with van der Waals surface area (Å²) in [6.07, 6.45) is 1.67. The number of hydrogen-bond acceptors (Lipinski definition) is 3. The molecule has 0 aliphatic rings. The minimum Gasteiger partial charge on any atom is -0.455 e. The Morgan fingerprint density at radius 1 is 1.12 bits per heavy atom. The van der Waals surface area contributed by atoms with Crippen LogP contribution in [-0.4, -0.2) is 12.1 Å². The molecule has 7 heteroatoms. The summed E-state index contributed by atoms with van der Waals surface area (Å²) in [7, 11) is 0. The number of carbonyl (C=O) groups is 1. The highest BCUT2D eigenvalue weighted by atomic mass is 79.9. The molecule has 1 heterocycles. The van der Waals surface area contributed by atoms with Gasteiger partial charge in [0.25, 0.3) is 0 Å². The lowest BCUT2D eigenvalue weighted by molar-refractivity contribution is -0.120. The maximum absolute atomic E-state index is 11.9. The molecule has 0 aliphatic heterocycles. The first-order valence-corrected chi connectivity index (χ1v) is 9.18. The lowest BCUT2D eigenvalue weighted by atomic mass is 10.1. The van der Waals surface area contributed by atoms with Gasteiger partial charge in [0.15, 0.2) is 0 Å². The predicted octanol–water partition coefficient (Wildman–Crippen LogP) is 5.71. The third-order valence-electron chi connectivity index (χ3n) is 3.48. The van der Waals surface area contributed by atoms with Crippen LogP contribution in [0.15, 0.2) is 68.6 Å². The normalized spacial score (nSPS) is 11.0. The number of hydrazone groups is 1. The predicted molar refractivity (Wildman–Crippen MR) is 108 cm³/mol. The van der Waals surface area contributed by atoms with Crippen LogP contribution in [0.5, 0.6) is 0 Å². The van der Waals surface area contributed by atoms with Gasteiger partial charge in [-0.05, 0) is 48.0 Å². The molecule has 0 saturated carbocycles. The monoisotopic (exact) mass is 450 g/mol. The molecular weight excluding hydrogens is 439 g/mol. The standard InChI is InChI=1S/C19H13BrCl2N2O2/c20-13-3-1-12(2-4-13)9-19(25)24-23-11-15-6-8-18(26-15)16-10-14(21)5-7-17(16)22/h1-8,10-11H,9H2,(H,24,25)/b23-11-. The fourth-order valence-corrected chi connectivity index (χ4v) is 2.90. The maximum atomic E-state index is 11.9. The van der Waals surface area contributed by atoms with Gasteiger partial charge in [-0.3, -0.25) is 4.79 Å². The van der Waals surface area contributed by atoms with E-state index in [1.165, 1.54) is 6.21 Å². The average molecular weight is 452 g/mol. The van der Waals surface area contributed by atoms with Crippen molar-refractivity contribution in [3.8, 4) is 11.3 Å². The minimum absolute atomic E-state index is 0.215. The number of rotatable bonds is 5. The van der Waals surface area contributed by atoms with Crippen molar-refractivity contribution in [2.24, 2.45) is 5.10 Å². The van der Waals surface area contributed by atoms with Crippen molar-refractivity contribution in [2.75, 3.05) is 0 Å². The van der Waals surface area contributed by atoms with E-state index in [9.17, 15) is 4.79 Å². The number of nitrogens with one attached hydrogen (secondary N) is 1. The minimum atomic E-state index is -0.215. The summed E-state index contributed by atoms with van der Waals surface area (Å²) in [6, 6.07) is 16.2. The van der Waals surface area contributed by atoms with Gasteiger partial charge in [-0.25, -0.2) is 5.43 Å². The summed E-state index contributed by atoms with van der Waals surface area (Å²) in [4.78, 5) is 11.9. The third-order valence-corrected chi connectivity index (χ3v) is 4.57. The van der Waals surface area contributed by atoms with E-state index in [4.69, 9.17) is 27.6 Å². The summed E-state index contributed by atoms with van der Waals surface area (Å²) in [5.41, 5.74) is 4.07. The summed E-state index contributed by atoms with van der Waals surface area (Å²) in [6.45, 7) is 0. The van der Waals surface area contributed by atoms with Crippen LogP contribution in [0.3, 0.4) is 0 Å². The molecule has 3 rings (SSSR count). The van der Waals surface area contributed by atoms with Crippen LogP contribution in [0, 0.1) is 0 Å². The molecule has 0 atom stereocenters. The molecule has 0 saturated heterocycles. The molecule has 0 fully saturated rings. The van der Waals surface area contributed by atoms with Crippen molar-refractivity contribution in [3.05, 3.63) is 80.4 Å². The van der Waals surface area contributed by atoms with Crippen molar-refractivity contribution < 1.29 is 9.21 Å². The second-order valence-corrected chi connectivity index (χ2v) is 7.18. The molecule has 1 amide bonds. The Hall–Kier alpha value is -2.08. The summed E-state index contributed by atoms with van der Waals surface area (Å²) >= 11 is 15.5. The largest absolute Gasteiger partial charge is 0.455 e. The Morgan fingerprint density at radius 2 is 1.88 bits per heavy atom. The zero-order valence-corrected chi connectivity index (χ0v) is 16.5. The Labute approximate surface area is 168 Å². The summed E-state index contributed by atoms with van der Waals surface area (Å²) in [5, 5.41) is 5.02. The van der Waals surface area contributed by atoms with E-state index in [0.29, 0.717) is 27.1 Å². The van der Waals surface area contributed by atoms with Crippen molar-refractivity contribution in [3.63, 3.8) is 0 Å². The molecule has 0 radical (unpaired) electrons. The molecule has 26 heavy (non-hydrogen) atoms. The zero-order valence-electron chi connectivity index (χ0n) is 13.4. The van der Waals surface area contributed by atoms with Crippen molar-refractivity contribution in [1.82, 2.24) is 5.43 Å². The van der Waals surface area contributed by atoms with Gasteiger partial charge in [-0.1, -0.05) is 51.3 Å². The quantitative estimate of drug-likeness (QED) is 0.399. The van der Waals surface area contributed by atoms with Gasteiger partial charge in [-0.15, -0.1) is 0 Å². The first-order chi connectivity index (χ1) is 12.5. The van der Waals surface area contributed by atoms with Crippen molar-refractivity contribution >= 4 is 51.3 Å². The maximum Gasteiger partial charge on any atom is 0.244 e. The summed E-state index contributed by atoms with van der Waals surface area (Å²) < 4.78 is 6.64. The number of furan rings is 1. The van der Waals surface area contributed by atoms with Gasteiger partial charge in [0, 0.05) is 15.1 Å². The first kappa shape index (κ1) is 18.7. The SMILES string of the molecule is O=C(Cc1ccc(Br)cc1)N/N=C\c1ccc(-c2cc(Cl)ccc2Cl)o1. The highest BCUT2D eigenvalue weighted by Gasteiger charge is 2.09. The van der Waals surface area contributed by atoms with Crippen molar-refractivity contribution in [2.45, 2.75) is 6.42 Å². The second-order valence-electron chi connectivity index (χ2n) is 5.42. The van der Waals surface area contributed by atoms with E-state index >= 15 is 0 Å². The fourth-order valence-electron chi connectivity index (χ4n) is 2.25. The molecular formula is C19H13BrCl2N2O2. The molecule has 1 aromatic heterocycles. The Kier molecular flexibility index (Phi) is 6.14. The van der Waals surface area contributed by atoms with E-state index < -0.39 is 0 Å². The van der Waals surface area contributed by atoms with Crippen LogP contribution in [0.4, 0.5) is 0 Å². The van der Waals surface area contributed by atoms with Gasteiger partial charge in [-0.2, -0.15) is 5.10 Å². The Bertz CT molecular complexity index is 952. The molecule has 4 nitrogen and oxygen atoms in total. The Balaban J connectivity index is 1.61. The van der Waals surface area contributed by atoms with E-state index in [2.05, 4.69) is 26.5 Å². The highest BCUT2D eigenvalue weighted by molar-refractivity contribution is 9.10. The number of amides is 1. The lowest BCUT2D eigenvalue weighted by Crippen LogP contribution is -2.19. The number of nitrogens with zero attached hydrogens (tertiary/aromatic N) is 1. The molecule has 3 aromatic rings. The zero-order chi connectivity index (χ0) is 18.5. The third kappa shape index (κ3) is 4.97. The highest BCUT2D eigenvalue weighted by Crippen LogP contribution is 2.31. The number of carbonyl (C=O) groups excluding carboxylic acids is 1. The molecule has 132 valence electrons. The number of halogens is 3. The van der Waals surface area contributed by atoms with E-state index in [0.717, 1.165) is 10.0 Å². The molecule has 0 unspecified atom stereocenters. The van der Waals surface area contributed by atoms with Gasteiger partial charge in [0.05, 0.1) is 17.7 Å². The number of hydrogen-bond donors (Lipinski definition) is 1. The molecule has 0 aliphatic carbocycles. The van der Waals surface area contributed by atoms with Gasteiger partial charge in [0.1, 0.15) is 11.5 Å². The fraction of sp³-hybridized carbons (Fsp3) is 0.0526. The van der Waals surface area contributed by atoms with E-state index in [-0.39, 0.29) is 12.3 Å². The van der Waals surface area contributed by atoms with Crippen LogP contribution in [0.2, 0.25) is 10.0 Å². The molecule has 2 aromatic carbocycles. The van der Waals surface area contributed by atoms with Crippen LogP contribution in [-0.2, 0) is 11.2 Å². The van der Waals surface area contributed by atoms with E-state index in [1.54, 1.807) is 30.3 Å².